The van der Waals surface area contributed by atoms with Crippen molar-refractivity contribution in [3.63, 3.8) is 0 Å². The third-order valence-corrected chi connectivity index (χ3v) is 5.81. The predicted octanol–water partition coefficient (Wildman–Crippen LogP) is 4.58. The van der Waals surface area contributed by atoms with Crippen LogP contribution >= 0.6 is 11.8 Å². The lowest BCUT2D eigenvalue weighted by Crippen LogP contribution is -2.15. The van der Waals surface area contributed by atoms with Gasteiger partial charge in [-0.3, -0.25) is 14.7 Å². The molecule has 0 aliphatic rings. The summed E-state index contributed by atoms with van der Waals surface area (Å²) in [5.41, 5.74) is 1.66. The van der Waals surface area contributed by atoms with Crippen molar-refractivity contribution in [2.45, 2.75) is 31.8 Å². The molecule has 0 saturated carbocycles. The highest BCUT2D eigenvalue weighted by atomic mass is 32.2. The second-order valence-electron chi connectivity index (χ2n) is 7.74. The van der Waals surface area contributed by atoms with Gasteiger partial charge in [0.05, 0.1) is 19.5 Å². The Hall–Kier alpha value is -3.86. The largest absolute Gasteiger partial charge is 0.497 e. The molecule has 0 atom stereocenters. The summed E-state index contributed by atoms with van der Waals surface area (Å²) < 4.78 is 18.3. The molecule has 35 heavy (non-hydrogen) atoms. The summed E-state index contributed by atoms with van der Waals surface area (Å²) in [6, 6.07) is 15.3. The van der Waals surface area contributed by atoms with Gasteiger partial charge >= 0.3 is 6.01 Å². The van der Waals surface area contributed by atoms with Crippen molar-refractivity contribution in [2.75, 3.05) is 24.8 Å². The average molecular weight is 495 g/mol. The maximum absolute atomic E-state index is 12.5. The Morgan fingerprint density at radius 3 is 2.57 bits per heavy atom. The van der Waals surface area contributed by atoms with E-state index in [0.717, 1.165) is 17.0 Å². The van der Waals surface area contributed by atoms with E-state index >= 15 is 0 Å². The molecule has 0 saturated heterocycles. The minimum atomic E-state index is -0.293. The van der Waals surface area contributed by atoms with Gasteiger partial charge in [-0.25, -0.2) is 0 Å². The van der Waals surface area contributed by atoms with E-state index in [1.165, 1.54) is 11.8 Å². The van der Waals surface area contributed by atoms with Crippen molar-refractivity contribution in [3.05, 3.63) is 54.4 Å². The average Bonchev–Trinajstić information content (AvgIpc) is 3.51. The lowest BCUT2D eigenvalue weighted by atomic mass is 10.2. The highest BCUT2D eigenvalue weighted by Gasteiger charge is 2.19. The summed E-state index contributed by atoms with van der Waals surface area (Å²) in [6.07, 6.45) is 0. The number of hydrogen-bond donors (Lipinski definition) is 1. The number of methoxy groups -OCH3 is 1. The maximum Gasteiger partial charge on any atom is 0.322 e. The molecule has 2 aromatic heterocycles. The van der Waals surface area contributed by atoms with Gasteiger partial charge in [-0.2, -0.15) is 0 Å². The molecule has 0 aliphatic carbocycles. The molecular formula is C24H26N6O4S. The molecule has 0 spiro atoms. The highest BCUT2D eigenvalue weighted by Crippen LogP contribution is 2.30. The van der Waals surface area contributed by atoms with Crippen molar-refractivity contribution in [1.29, 1.82) is 0 Å². The van der Waals surface area contributed by atoms with E-state index in [4.69, 9.17) is 13.9 Å². The van der Waals surface area contributed by atoms with Crippen molar-refractivity contribution >= 4 is 23.7 Å². The highest BCUT2D eigenvalue weighted by molar-refractivity contribution is 7.99. The Labute approximate surface area is 207 Å². The third-order valence-electron chi connectivity index (χ3n) is 4.88. The van der Waals surface area contributed by atoms with Crippen molar-refractivity contribution in [2.24, 2.45) is 0 Å². The third kappa shape index (κ3) is 5.80. The van der Waals surface area contributed by atoms with Crippen LogP contribution in [-0.4, -0.2) is 50.3 Å². The number of rotatable bonds is 10. The summed E-state index contributed by atoms with van der Waals surface area (Å²) >= 11 is 1.25. The van der Waals surface area contributed by atoms with Crippen LogP contribution in [-0.2, 0) is 4.79 Å². The molecule has 0 unspecified atom stereocenters. The quantitative estimate of drug-likeness (QED) is 0.316. The Morgan fingerprint density at radius 2 is 1.89 bits per heavy atom. The van der Waals surface area contributed by atoms with Gasteiger partial charge in [0.2, 0.25) is 11.8 Å². The number of thioether (sulfide) groups is 1. The summed E-state index contributed by atoms with van der Waals surface area (Å²) in [7, 11) is 1.61. The van der Waals surface area contributed by atoms with E-state index in [1.54, 1.807) is 7.11 Å². The first-order chi connectivity index (χ1) is 17.0. The van der Waals surface area contributed by atoms with E-state index in [9.17, 15) is 4.79 Å². The molecule has 0 radical (unpaired) electrons. The van der Waals surface area contributed by atoms with E-state index in [2.05, 4.69) is 25.7 Å². The molecule has 11 heteroatoms. The van der Waals surface area contributed by atoms with Gasteiger partial charge in [0.15, 0.2) is 11.0 Å². The number of ether oxygens (including phenoxy) is 2. The van der Waals surface area contributed by atoms with E-state index < -0.39 is 0 Å². The number of carbonyl (C=O) groups excluding carboxylic acids is 1. The Morgan fingerprint density at radius 1 is 1.09 bits per heavy atom. The standard InChI is InChI=1S/C24H26N6O4S/c1-5-33-18-11-9-17(10-12-18)30-21(16-7-6-8-19(13-16)32-4)26-29-24(30)35-14-20(31)25-23-28-27-22(34-23)15(2)3/h6-13,15H,5,14H2,1-4H3,(H,25,28,31). The molecule has 2 aromatic carbocycles. The van der Waals surface area contributed by atoms with Crippen LogP contribution < -0.4 is 14.8 Å². The number of aromatic nitrogens is 5. The summed E-state index contributed by atoms with van der Waals surface area (Å²) in [4.78, 5) is 12.5. The van der Waals surface area contributed by atoms with Crippen molar-refractivity contribution in [1.82, 2.24) is 25.0 Å². The van der Waals surface area contributed by atoms with Gasteiger partial charge < -0.3 is 13.9 Å². The van der Waals surface area contributed by atoms with Gasteiger partial charge in [0.25, 0.3) is 0 Å². The normalized spacial score (nSPS) is 11.0. The number of hydrogen-bond acceptors (Lipinski definition) is 9. The van der Waals surface area contributed by atoms with Crippen molar-refractivity contribution < 1.29 is 18.7 Å². The zero-order valence-electron chi connectivity index (χ0n) is 19.9. The number of carbonyl (C=O) groups is 1. The van der Waals surface area contributed by atoms with Gasteiger partial charge in [0, 0.05) is 17.2 Å². The van der Waals surface area contributed by atoms with Crippen LogP contribution in [0.15, 0.2) is 58.1 Å². The van der Waals surface area contributed by atoms with Crippen LogP contribution in [0, 0.1) is 0 Å². The SMILES string of the molecule is CCOc1ccc(-n2c(SCC(=O)Nc3nnc(C(C)C)o3)nnc2-c2cccc(OC)c2)cc1. The van der Waals surface area contributed by atoms with Gasteiger partial charge in [-0.1, -0.05) is 42.8 Å². The van der Waals surface area contributed by atoms with Gasteiger partial charge in [0.1, 0.15) is 11.5 Å². The molecular weight excluding hydrogens is 468 g/mol. The zero-order valence-corrected chi connectivity index (χ0v) is 20.7. The monoisotopic (exact) mass is 494 g/mol. The molecule has 10 nitrogen and oxygen atoms in total. The maximum atomic E-state index is 12.5. The molecule has 2 heterocycles. The van der Waals surface area contributed by atoms with Crippen LogP contribution in [0.4, 0.5) is 6.01 Å². The fourth-order valence-electron chi connectivity index (χ4n) is 3.21. The fourth-order valence-corrected chi connectivity index (χ4v) is 3.96. The molecule has 1 amide bonds. The summed E-state index contributed by atoms with van der Waals surface area (Å²) in [5, 5.41) is 19.8. The molecule has 182 valence electrons. The molecule has 0 fully saturated rings. The number of anilines is 1. The lowest BCUT2D eigenvalue weighted by Gasteiger charge is -2.12. The number of nitrogens with one attached hydrogen (secondary N) is 1. The Balaban J connectivity index is 1.59. The Bertz CT molecular complexity index is 1290. The Kier molecular flexibility index (Phi) is 7.66. The molecule has 1 N–H and O–H groups in total. The lowest BCUT2D eigenvalue weighted by molar-refractivity contribution is -0.113. The van der Waals surface area contributed by atoms with E-state index in [-0.39, 0.29) is 23.6 Å². The second-order valence-corrected chi connectivity index (χ2v) is 8.68. The first-order valence-corrected chi connectivity index (χ1v) is 12.1. The van der Waals surface area contributed by atoms with E-state index in [1.807, 2.05) is 73.9 Å². The molecule has 0 aliphatic heterocycles. The first kappa shape index (κ1) is 24.3. The van der Waals surface area contributed by atoms with E-state index in [0.29, 0.717) is 29.2 Å². The smallest absolute Gasteiger partial charge is 0.322 e. The van der Waals surface area contributed by atoms with Gasteiger partial charge in [-0.05, 0) is 43.3 Å². The summed E-state index contributed by atoms with van der Waals surface area (Å²) in [6.45, 7) is 6.38. The zero-order chi connectivity index (χ0) is 24.8. The topological polar surface area (TPSA) is 117 Å². The predicted molar refractivity (Wildman–Crippen MR) is 132 cm³/mol. The van der Waals surface area contributed by atoms with Crippen LogP contribution in [0.3, 0.4) is 0 Å². The van der Waals surface area contributed by atoms with Crippen LogP contribution in [0.25, 0.3) is 17.1 Å². The second kappa shape index (κ2) is 11.0. The van der Waals surface area contributed by atoms with Crippen LogP contribution in [0.2, 0.25) is 0 Å². The number of amides is 1. The molecule has 4 aromatic rings. The molecule has 4 rings (SSSR count). The van der Waals surface area contributed by atoms with Crippen LogP contribution in [0.1, 0.15) is 32.6 Å². The number of benzene rings is 2. The summed E-state index contributed by atoms with van der Waals surface area (Å²) in [5.74, 6) is 2.41. The fraction of sp³-hybridized carbons (Fsp3) is 0.292. The minimum absolute atomic E-state index is 0.0735. The first-order valence-electron chi connectivity index (χ1n) is 11.1. The minimum Gasteiger partial charge on any atom is -0.497 e. The van der Waals surface area contributed by atoms with Crippen LogP contribution in [0.5, 0.6) is 11.5 Å². The van der Waals surface area contributed by atoms with Gasteiger partial charge in [-0.15, -0.1) is 15.3 Å². The van der Waals surface area contributed by atoms with Crippen molar-refractivity contribution in [3.8, 4) is 28.6 Å². The number of nitrogens with zero attached hydrogens (tertiary/aromatic N) is 5. The molecule has 0 bridgehead atoms.